The first-order chi connectivity index (χ1) is 11.4. The number of hydrogen-bond acceptors (Lipinski definition) is 5. The molecule has 0 bridgehead atoms. The van der Waals surface area contributed by atoms with Crippen LogP contribution in [0.2, 0.25) is 0 Å². The zero-order chi connectivity index (χ0) is 17.7. The molecule has 24 heavy (non-hydrogen) atoms. The summed E-state index contributed by atoms with van der Waals surface area (Å²) in [5, 5.41) is 8.65. The van der Waals surface area contributed by atoms with Crippen molar-refractivity contribution in [3.05, 3.63) is 34.7 Å². The van der Waals surface area contributed by atoms with Crippen molar-refractivity contribution in [3.8, 4) is 0 Å². The van der Waals surface area contributed by atoms with Crippen molar-refractivity contribution in [1.29, 1.82) is 0 Å². The van der Waals surface area contributed by atoms with Gasteiger partial charge in [-0.1, -0.05) is 36.1 Å². The van der Waals surface area contributed by atoms with Gasteiger partial charge in [-0.3, -0.25) is 14.5 Å². The molecule has 1 aliphatic rings. The highest BCUT2D eigenvalue weighted by atomic mass is 32.2. The second kappa shape index (κ2) is 8.30. The highest BCUT2D eigenvalue weighted by Crippen LogP contribution is 2.33. The summed E-state index contributed by atoms with van der Waals surface area (Å²) in [6, 6.07) is 7.93. The molecule has 0 spiro atoms. The van der Waals surface area contributed by atoms with Gasteiger partial charge in [0.25, 0.3) is 5.91 Å². The Balaban J connectivity index is 2.00. The number of thioether (sulfide) groups is 1. The lowest BCUT2D eigenvalue weighted by Crippen LogP contribution is -2.29. The zero-order valence-corrected chi connectivity index (χ0v) is 15.3. The highest BCUT2D eigenvalue weighted by molar-refractivity contribution is 8.26. The van der Waals surface area contributed by atoms with Gasteiger partial charge in [0, 0.05) is 32.7 Å². The molecule has 1 saturated heterocycles. The Kier molecular flexibility index (Phi) is 6.39. The third-order valence-corrected chi connectivity index (χ3v) is 4.98. The normalized spacial score (nSPS) is 16.1. The number of unbranched alkanes of at least 4 members (excludes halogenated alkanes) is 1. The average molecular weight is 364 g/mol. The molecule has 0 aliphatic carbocycles. The lowest BCUT2D eigenvalue weighted by atomic mass is 10.2. The number of carboxylic acid groups (broad SMARTS) is 1. The summed E-state index contributed by atoms with van der Waals surface area (Å²) >= 11 is 6.56. The molecule has 0 atom stereocenters. The summed E-state index contributed by atoms with van der Waals surface area (Å²) in [4.78, 5) is 27.1. The quantitative estimate of drug-likeness (QED) is 0.455. The van der Waals surface area contributed by atoms with E-state index in [4.69, 9.17) is 17.3 Å². The van der Waals surface area contributed by atoms with Crippen LogP contribution in [0.1, 0.15) is 24.8 Å². The van der Waals surface area contributed by atoms with Gasteiger partial charge < -0.3 is 10.0 Å². The van der Waals surface area contributed by atoms with E-state index in [1.807, 2.05) is 49.3 Å². The molecular formula is C17H20N2O3S2. The minimum Gasteiger partial charge on any atom is -0.481 e. The van der Waals surface area contributed by atoms with Crippen LogP contribution in [0.15, 0.2) is 29.2 Å². The summed E-state index contributed by atoms with van der Waals surface area (Å²) in [7, 11) is 3.95. The molecule has 1 aromatic carbocycles. The van der Waals surface area contributed by atoms with Gasteiger partial charge >= 0.3 is 5.97 Å². The Morgan fingerprint density at radius 1 is 1.29 bits per heavy atom. The van der Waals surface area contributed by atoms with Gasteiger partial charge in [-0.25, -0.2) is 0 Å². The first kappa shape index (κ1) is 18.5. The predicted octanol–water partition coefficient (Wildman–Crippen LogP) is 3.21. The van der Waals surface area contributed by atoms with E-state index in [1.165, 1.54) is 11.8 Å². The van der Waals surface area contributed by atoms with Gasteiger partial charge in [0.2, 0.25) is 0 Å². The average Bonchev–Trinajstić information content (AvgIpc) is 2.78. The number of anilines is 1. The Morgan fingerprint density at radius 3 is 2.54 bits per heavy atom. The molecule has 0 unspecified atom stereocenters. The molecule has 2 rings (SSSR count). The molecule has 5 nitrogen and oxygen atoms in total. The zero-order valence-electron chi connectivity index (χ0n) is 13.7. The molecule has 0 radical (unpaired) electrons. The van der Waals surface area contributed by atoms with Gasteiger partial charge in [0.1, 0.15) is 4.32 Å². The predicted molar refractivity (Wildman–Crippen MR) is 102 cm³/mol. The molecule has 1 fully saturated rings. The standard InChI is InChI=1S/C17H20N2O3S2/c1-18(2)13-8-6-12(7-9-13)11-14-16(22)19(17(23)24-14)10-4-3-5-15(20)21/h6-9,11H,3-5,10H2,1-2H3,(H,20,21)/b14-11-. The summed E-state index contributed by atoms with van der Waals surface area (Å²) in [6.07, 6.45) is 3.12. The summed E-state index contributed by atoms with van der Waals surface area (Å²) in [5.74, 6) is -0.918. The fourth-order valence-corrected chi connectivity index (χ4v) is 3.57. The molecule has 1 aliphatic heterocycles. The molecule has 0 aromatic heterocycles. The minimum absolute atomic E-state index is 0.1000. The second-order valence-electron chi connectivity index (χ2n) is 5.67. The van der Waals surface area contributed by atoms with Crippen molar-refractivity contribution < 1.29 is 14.7 Å². The Morgan fingerprint density at radius 2 is 1.96 bits per heavy atom. The van der Waals surface area contributed by atoms with Crippen LogP contribution in [0, 0.1) is 0 Å². The third kappa shape index (κ3) is 4.82. The molecule has 128 valence electrons. The van der Waals surface area contributed by atoms with Crippen molar-refractivity contribution in [1.82, 2.24) is 4.90 Å². The number of benzene rings is 1. The number of thiocarbonyl (C=S) groups is 1. The van der Waals surface area contributed by atoms with Gasteiger partial charge in [-0.15, -0.1) is 0 Å². The van der Waals surface area contributed by atoms with Crippen LogP contribution in [0.3, 0.4) is 0 Å². The molecule has 7 heteroatoms. The summed E-state index contributed by atoms with van der Waals surface area (Å²) in [6.45, 7) is 0.467. The topological polar surface area (TPSA) is 60.9 Å². The van der Waals surface area contributed by atoms with Crippen LogP contribution < -0.4 is 4.90 Å². The second-order valence-corrected chi connectivity index (χ2v) is 7.35. The van der Waals surface area contributed by atoms with Gasteiger partial charge in [-0.2, -0.15) is 0 Å². The van der Waals surface area contributed by atoms with E-state index in [0.717, 1.165) is 11.3 Å². The number of nitrogens with zero attached hydrogens (tertiary/aromatic N) is 2. The fraction of sp³-hybridized carbons (Fsp3) is 0.353. The largest absolute Gasteiger partial charge is 0.481 e. The van der Waals surface area contributed by atoms with Gasteiger partial charge in [0.15, 0.2) is 0 Å². The van der Waals surface area contributed by atoms with E-state index in [0.29, 0.717) is 28.6 Å². The number of carbonyl (C=O) groups is 2. The van der Waals surface area contributed by atoms with Crippen LogP contribution in [0.5, 0.6) is 0 Å². The third-order valence-electron chi connectivity index (χ3n) is 3.60. The van der Waals surface area contributed by atoms with E-state index in [2.05, 4.69) is 0 Å². The van der Waals surface area contributed by atoms with E-state index >= 15 is 0 Å². The van der Waals surface area contributed by atoms with E-state index in [-0.39, 0.29) is 12.3 Å². The SMILES string of the molecule is CN(C)c1ccc(/C=C2\SC(=S)N(CCCCC(=O)O)C2=O)cc1. The first-order valence-electron chi connectivity index (χ1n) is 7.63. The first-order valence-corrected chi connectivity index (χ1v) is 8.85. The van der Waals surface area contributed by atoms with Crippen LogP contribution in [0.25, 0.3) is 6.08 Å². The summed E-state index contributed by atoms with van der Waals surface area (Å²) in [5.41, 5.74) is 2.05. The lowest BCUT2D eigenvalue weighted by molar-refractivity contribution is -0.137. The highest BCUT2D eigenvalue weighted by Gasteiger charge is 2.31. The number of amides is 1. The fourth-order valence-electron chi connectivity index (χ4n) is 2.26. The molecule has 1 heterocycles. The summed E-state index contributed by atoms with van der Waals surface area (Å²) < 4.78 is 0.534. The maximum atomic E-state index is 12.4. The monoisotopic (exact) mass is 364 g/mol. The Labute approximate surface area is 151 Å². The van der Waals surface area contributed by atoms with Crippen LogP contribution >= 0.6 is 24.0 Å². The smallest absolute Gasteiger partial charge is 0.303 e. The lowest BCUT2D eigenvalue weighted by Gasteiger charge is -2.13. The van der Waals surface area contributed by atoms with E-state index < -0.39 is 5.97 Å². The molecule has 1 amide bonds. The Hall–Kier alpha value is -1.86. The number of aliphatic carboxylic acids is 1. The molecule has 0 saturated carbocycles. The molecular weight excluding hydrogens is 344 g/mol. The maximum absolute atomic E-state index is 12.4. The number of carbonyl (C=O) groups excluding carboxylic acids is 1. The van der Waals surface area contributed by atoms with Crippen molar-refractivity contribution in [2.45, 2.75) is 19.3 Å². The van der Waals surface area contributed by atoms with E-state index in [1.54, 1.807) is 4.90 Å². The minimum atomic E-state index is -0.818. The van der Waals surface area contributed by atoms with Gasteiger partial charge in [-0.05, 0) is 36.6 Å². The number of hydrogen-bond donors (Lipinski definition) is 1. The molecule has 1 N–H and O–H groups in total. The van der Waals surface area contributed by atoms with Crippen LogP contribution in [0.4, 0.5) is 5.69 Å². The van der Waals surface area contributed by atoms with Crippen LogP contribution in [-0.4, -0.2) is 46.8 Å². The van der Waals surface area contributed by atoms with E-state index in [9.17, 15) is 9.59 Å². The molecule has 1 aromatic rings. The van der Waals surface area contributed by atoms with Gasteiger partial charge in [0.05, 0.1) is 4.91 Å². The van der Waals surface area contributed by atoms with Crippen molar-refractivity contribution in [2.24, 2.45) is 0 Å². The van der Waals surface area contributed by atoms with Crippen molar-refractivity contribution >= 4 is 51.9 Å². The number of rotatable bonds is 7. The number of carboxylic acids is 1. The van der Waals surface area contributed by atoms with Crippen LogP contribution in [-0.2, 0) is 9.59 Å². The van der Waals surface area contributed by atoms with Crippen molar-refractivity contribution in [3.63, 3.8) is 0 Å². The van der Waals surface area contributed by atoms with Crippen molar-refractivity contribution in [2.75, 3.05) is 25.5 Å². The Bertz CT molecular complexity index is 669. The maximum Gasteiger partial charge on any atom is 0.303 e.